The van der Waals surface area contributed by atoms with E-state index in [1.807, 2.05) is 0 Å². The van der Waals surface area contributed by atoms with Crippen molar-refractivity contribution in [1.29, 1.82) is 0 Å². The highest BCUT2D eigenvalue weighted by Gasteiger charge is 2.18. The van der Waals surface area contributed by atoms with E-state index in [0.29, 0.717) is 0 Å². The monoisotopic (exact) mass is 388 g/mol. The molecule has 24 heavy (non-hydrogen) atoms. The number of nitro benzene ring substituents is 1. The quantitative estimate of drug-likeness (QED) is 0.636. The predicted molar refractivity (Wildman–Crippen MR) is 90.6 cm³/mol. The van der Waals surface area contributed by atoms with E-state index in [0.717, 1.165) is 18.4 Å². The van der Waals surface area contributed by atoms with Crippen molar-refractivity contribution in [3.8, 4) is 0 Å². The lowest BCUT2D eigenvalue weighted by atomic mass is 10.2. The minimum Gasteiger partial charge on any atom is -0.319 e. The molecule has 2 rings (SSSR count). The van der Waals surface area contributed by atoms with Crippen molar-refractivity contribution in [2.45, 2.75) is 4.90 Å². The van der Waals surface area contributed by atoms with Crippen molar-refractivity contribution in [2.75, 3.05) is 11.6 Å². The van der Waals surface area contributed by atoms with Crippen LogP contribution in [0, 0.1) is 10.1 Å². The number of rotatable bonds is 4. The zero-order chi connectivity index (χ0) is 18.1. The van der Waals surface area contributed by atoms with Gasteiger partial charge in [-0.1, -0.05) is 29.3 Å². The summed E-state index contributed by atoms with van der Waals surface area (Å²) in [6, 6.07) is 7.50. The number of hydrogen-bond acceptors (Lipinski definition) is 5. The Bertz CT molecular complexity index is 921. The number of halogens is 2. The molecule has 10 heteroatoms. The summed E-state index contributed by atoms with van der Waals surface area (Å²) in [6.07, 6.45) is 1.02. The van der Waals surface area contributed by atoms with E-state index in [4.69, 9.17) is 23.2 Å². The molecular formula is C14H10Cl2N2O5S. The number of non-ortho nitro benzene ring substituents is 1. The first-order valence-corrected chi connectivity index (χ1v) is 8.99. The summed E-state index contributed by atoms with van der Waals surface area (Å²) in [7, 11) is -3.47. The van der Waals surface area contributed by atoms with Gasteiger partial charge < -0.3 is 5.32 Å². The molecule has 1 amide bonds. The first kappa shape index (κ1) is 18.2. The Morgan fingerprint density at radius 2 is 1.75 bits per heavy atom. The Morgan fingerprint density at radius 3 is 2.25 bits per heavy atom. The van der Waals surface area contributed by atoms with E-state index >= 15 is 0 Å². The smallest absolute Gasteiger partial charge is 0.272 e. The van der Waals surface area contributed by atoms with E-state index in [2.05, 4.69) is 5.32 Å². The Morgan fingerprint density at radius 1 is 1.17 bits per heavy atom. The molecule has 0 aliphatic heterocycles. The van der Waals surface area contributed by atoms with Gasteiger partial charge in [0.25, 0.3) is 11.6 Å². The Kier molecular flexibility index (Phi) is 5.12. The first-order valence-electron chi connectivity index (χ1n) is 6.34. The van der Waals surface area contributed by atoms with Crippen molar-refractivity contribution in [1.82, 2.24) is 0 Å². The van der Waals surface area contributed by atoms with Gasteiger partial charge in [0.1, 0.15) is 0 Å². The van der Waals surface area contributed by atoms with E-state index in [1.165, 1.54) is 24.3 Å². The van der Waals surface area contributed by atoms with Crippen LogP contribution in [0.25, 0.3) is 0 Å². The van der Waals surface area contributed by atoms with Crippen LogP contribution < -0.4 is 5.32 Å². The summed E-state index contributed by atoms with van der Waals surface area (Å²) in [5.41, 5.74) is -0.246. The van der Waals surface area contributed by atoms with Crippen molar-refractivity contribution >= 4 is 50.3 Å². The van der Waals surface area contributed by atoms with E-state index in [-0.39, 0.29) is 31.9 Å². The summed E-state index contributed by atoms with van der Waals surface area (Å²) in [5, 5.41) is 12.9. The molecule has 7 nitrogen and oxygen atoms in total. The number of nitrogens with zero attached hydrogens (tertiary/aromatic N) is 1. The molecule has 0 fully saturated rings. The number of nitro groups is 1. The van der Waals surface area contributed by atoms with Crippen LogP contribution in [-0.4, -0.2) is 25.5 Å². The molecule has 0 radical (unpaired) electrons. The molecule has 0 aromatic heterocycles. The Balaban J connectivity index is 2.36. The number of sulfone groups is 1. The van der Waals surface area contributed by atoms with Crippen LogP contribution >= 0.6 is 23.2 Å². The highest BCUT2D eigenvalue weighted by atomic mass is 35.5. The summed E-state index contributed by atoms with van der Waals surface area (Å²) in [6.45, 7) is 0. The van der Waals surface area contributed by atoms with Gasteiger partial charge >= 0.3 is 0 Å². The average Bonchev–Trinajstić information content (AvgIpc) is 2.49. The number of carbonyl (C=O) groups is 1. The highest BCUT2D eigenvalue weighted by Crippen LogP contribution is 2.35. The number of benzene rings is 2. The lowest BCUT2D eigenvalue weighted by Gasteiger charge is -2.10. The van der Waals surface area contributed by atoms with Crippen molar-refractivity contribution in [3.63, 3.8) is 0 Å². The maximum Gasteiger partial charge on any atom is 0.272 e. The number of carbonyl (C=O) groups excluding carboxylic acids is 1. The zero-order valence-electron chi connectivity index (χ0n) is 12.1. The highest BCUT2D eigenvalue weighted by molar-refractivity contribution is 7.90. The van der Waals surface area contributed by atoms with Crippen LogP contribution in [0.15, 0.2) is 41.3 Å². The fourth-order valence-corrected chi connectivity index (χ4v) is 3.08. The fraction of sp³-hybridized carbons (Fsp3) is 0.0714. The van der Waals surface area contributed by atoms with Gasteiger partial charge in [-0.2, -0.15) is 0 Å². The third kappa shape index (κ3) is 4.02. The van der Waals surface area contributed by atoms with E-state index < -0.39 is 20.7 Å². The van der Waals surface area contributed by atoms with Crippen molar-refractivity contribution < 1.29 is 18.1 Å². The zero-order valence-corrected chi connectivity index (χ0v) is 14.4. The molecule has 0 spiro atoms. The first-order chi connectivity index (χ1) is 11.1. The Labute approximate surface area is 147 Å². The van der Waals surface area contributed by atoms with Crippen LogP contribution in [0.5, 0.6) is 0 Å². The SMILES string of the molecule is CS(=O)(=O)c1cccc(C(=O)Nc2c(Cl)cc([N+](=O)[O-])cc2Cl)c1. The molecule has 126 valence electrons. The molecule has 0 heterocycles. The van der Waals surface area contributed by atoms with E-state index in [9.17, 15) is 23.3 Å². The summed E-state index contributed by atoms with van der Waals surface area (Å²) < 4.78 is 23.1. The van der Waals surface area contributed by atoms with Gasteiger partial charge in [-0.3, -0.25) is 14.9 Å². The van der Waals surface area contributed by atoms with Gasteiger partial charge in [0, 0.05) is 24.0 Å². The molecule has 0 atom stereocenters. The fourth-order valence-electron chi connectivity index (χ4n) is 1.84. The molecule has 0 saturated heterocycles. The summed E-state index contributed by atoms with van der Waals surface area (Å²) in [4.78, 5) is 22.3. The minimum atomic E-state index is -3.47. The van der Waals surface area contributed by atoms with Gasteiger partial charge in [0.2, 0.25) is 0 Å². The third-order valence-corrected chi connectivity index (χ3v) is 4.71. The molecule has 0 bridgehead atoms. The summed E-state index contributed by atoms with van der Waals surface area (Å²) >= 11 is 11.8. The Hall–Kier alpha value is -2.16. The molecule has 2 aromatic rings. The molecule has 0 saturated carbocycles. The van der Waals surface area contributed by atoms with Crippen LogP contribution in [0.4, 0.5) is 11.4 Å². The van der Waals surface area contributed by atoms with Crippen LogP contribution in [0.1, 0.15) is 10.4 Å². The number of amides is 1. The second-order valence-electron chi connectivity index (χ2n) is 4.80. The molecule has 2 aromatic carbocycles. The second-order valence-corrected chi connectivity index (χ2v) is 7.63. The summed E-state index contributed by atoms with van der Waals surface area (Å²) in [5.74, 6) is -0.654. The normalized spacial score (nSPS) is 11.1. The number of hydrogen-bond donors (Lipinski definition) is 1. The minimum absolute atomic E-state index is 0.00121. The molecule has 0 aliphatic rings. The predicted octanol–water partition coefficient (Wildman–Crippen LogP) is 3.56. The van der Waals surface area contributed by atoms with Crippen LogP contribution in [-0.2, 0) is 9.84 Å². The van der Waals surface area contributed by atoms with E-state index in [1.54, 1.807) is 0 Å². The van der Waals surface area contributed by atoms with Gasteiger partial charge in [0.15, 0.2) is 9.84 Å². The molecule has 1 N–H and O–H groups in total. The molecule has 0 aliphatic carbocycles. The lowest BCUT2D eigenvalue weighted by molar-refractivity contribution is -0.384. The third-order valence-electron chi connectivity index (χ3n) is 3.00. The average molecular weight is 389 g/mol. The van der Waals surface area contributed by atoms with Gasteiger partial charge in [-0.05, 0) is 18.2 Å². The lowest BCUT2D eigenvalue weighted by Crippen LogP contribution is -2.13. The number of anilines is 1. The van der Waals surface area contributed by atoms with Crippen molar-refractivity contribution in [3.05, 3.63) is 62.1 Å². The van der Waals surface area contributed by atoms with Crippen LogP contribution in [0.2, 0.25) is 10.0 Å². The maximum absolute atomic E-state index is 12.3. The van der Waals surface area contributed by atoms with Gasteiger partial charge in [0.05, 0.1) is 25.6 Å². The topological polar surface area (TPSA) is 106 Å². The van der Waals surface area contributed by atoms with Gasteiger partial charge in [-0.15, -0.1) is 0 Å². The molecular weight excluding hydrogens is 379 g/mol. The van der Waals surface area contributed by atoms with Crippen molar-refractivity contribution in [2.24, 2.45) is 0 Å². The second kappa shape index (κ2) is 6.76. The maximum atomic E-state index is 12.3. The standard InChI is InChI=1S/C14H10Cl2N2O5S/c1-24(22,23)10-4-2-3-8(5-10)14(19)17-13-11(15)6-9(18(20)21)7-12(13)16/h2-7H,1H3,(H,17,19). The van der Waals surface area contributed by atoms with Gasteiger partial charge in [-0.25, -0.2) is 8.42 Å². The van der Waals surface area contributed by atoms with Crippen LogP contribution in [0.3, 0.4) is 0 Å². The number of nitrogens with one attached hydrogen (secondary N) is 1. The largest absolute Gasteiger partial charge is 0.319 e. The molecule has 0 unspecified atom stereocenters.